The molecule has 1 aliphatic carbocycles. The number of halogens is 6. The zero-order valence-electron chi connectivity index (χ0n) is 18.3. The van der Waals surface area contributed by atoms with Gasteiger partial charge in [-0.2, -0.15) is 22.0 Å². The molecule has 12 heteroatoms. The van der Waals surface area contributed by atoms with Crippen molar-refractivity contribution in [3.63, 3.8) is 0 Å². The highest BCUT2D eigenvalue weighted by molar-refractivity contribution is 6.35. The monoisotopic (exact) mass is 501 g/mol. The van der Waals surface area contributed by atoms with Crippen LogP contribution in [0.3, 0.4) is 0 Å². The smallest absolute Gasteiger partial charge is 0.309 e. The third kappa shape index (κ3) is 3.98. The fourth-order valence-electron chi connectivity index (χ4n) is 4.63. The largest absolute Gasteiger partial charge is 0.419 e. The first kappa shape index (κ1) is 23.2. The van der Waals surface area contributed by atoms with Crippen LogP contribution in [0.1, 0.15) is 54.1 Å². The lowest BCUT2D eigenvalue weighted by Crippen LogP contribution is -2.30. The second kappa shape index (κ2) is 8.30. The number of hydrogen-bond acceptors (Lipinski definition) is 5. The van der Waals surface area contributed by atoms with Gasteiger partial charge in [-0.3, -0.25) is 0 Å². The molecule has 1 atom stereocenters. The highest BCUT2D eigenvalue weighted by atomic mass is 35.5. The quantitative estimate of drug-likeness (QED) is 0.381. The molecule has 0 bridgehead atoms. The van der Waals surface area contributed by atoms with Gasteiger partial charge in [-0.15, -0.1) is 0 Å². The van der Waals surface area contributed by atoms with Gasteiger partial charge in [0.2, 0.25) is 5.95 Å². The number of benzene rings is 1. The summed E-state index contributed by atoms with van der Waals surface area (Å²) in [6.45, 7) is 1.01. The molecule has 1 fully saturated rings. The fourth-order valence-corrected chi connectivity index (χ4v) is 4.82. The summed E-state index contributed by atoms with van der Waals surface area (Å²) >= 11 is 6.30. The Labute approximate surface area is 196 Å². The lowest BCUT2D eigenvalue weighted by molar-refractivity contribution is -0.276. The van der Waals surface area contributed by atoms with E-state index in [-0.39, 0.29) is 16.1 Å². The molecule has 0 N–H and O–H groups in total. The van der Waals surface area contributed by atoms with E-state index in [1.807, 2.05) is 18.7 Å². The van der Waals surface area contributed by atoms with Crippen molar-refractivity contribution in [2.24, 2.45) is 0 Å². The van der Waals surface area contributed by atoms with Crippen LogP contribution >= 0.6 is 11.6 Å². The average molecular weight is 502 g/mol. The van der Waals surface area contributed by atoms with E-state index < -0.39 is 24.5 Å². The van der Waals surface area contributed by atoms with Crippen LogP contribution in [0.15, 0.2) is 12.1 Å². The molecule has 0 radical (unpaired) electrons. The molecule has 34 heavy (non-hydrogen) atoms. The maximum Gasteiger partial charge on any atom is 0.419 e. The van der Waals surface area contributed by atoms with Crippen LogP contribution < -0.4 is 4.90 Å². The average Bonchev–Trinajstić information content (AvgIpc) is 3.52. The summed E-state index contributed by atoms with van der Waals surface area (Å²) in [7, 11) is 0. The van der Waals surface area contributed by atoms with Gasteiger partial charge in [-0.25, -0.2) is 15.0 Å². The maximum atomic E-state index is 13.7. The number of alkyl halides is 5. The van der Waals surface area contributed by atoms with Crippen molar-refractivity contribution in [2.45, 2.75) is 64.5 Å². The molecule has 2 aromatic heterocycles. The van der Waals surface area contributed by atoms with Crippen LogP contribution in [0.25, 0.3) is 11.0 Å². The Kier molecular flexibility index (Phi) is 5.67. The molecule has 2 aliphatic rings. The molecule has 3 aromatic rings. The Bertz CT molecular complexity index is 1230. The van der Waals surface area contributed by atoms with E-state index in [1.54, 1.807) is 4.57 Å². The predicted octanol–water partition coefficient (Wildman–Crippen LogP) is 6.36. The van der Waals surface area contributed by atoms with Crippen molar-refractivity contribution in [1.29, 1.82) is 0 Å². The number of aryl methyl sites for hydroxylation is 3. The number of nitrogens with zero attached hydrogens (tertiary/aromatic N) is 5. The van der Waals surface area contributed by atoms with Crippen molar-refractivity contribution < 1.29 is 26.7 Å². The van der Waals surface area contributed by atoms with E-state index >= 15 is 0 Å². The van der Waals surface area contributed by atoms with E-state index in [0.29, 0.717) is 31.4 Å². The number of imidazole rings is 1. The minimum Gasteiger partial charge on any atom is -0.309 e. The summed E-state index contributed by atoms with van der Waals surface area (Å²) in [6.07, 6.45) is -5.19. The molecule has 1 aliphatic heterocycles. The first-order chi connectivity index (χ1) is 16.1. The Morgan fingerprint density at radius 1 is 1.06 bits per heavy atom. The Morgan fingerprint density at radius 2 is 1.74 bits per heavy atom. The van der Waals surface area contributed by atoms with Gasteiger partial charge in [0.15, 0.2) is 6.10 Å². The third-order valence-electron chi connectivity index (χ3n) is 6.14. The predicted molar refractivity (Wildman–Crippen MR) is 116 cm³/mol. The molecular weight excluding hydrogens is 481 g/mol. The summed E-state index contributed by atoms with van der Waals surface area (Å²) in [5.74, 6) is 1.53. The summed E-state index contributed by atoms with van der Waals surface area (Å²) in [5, 5.41) is 0.118. The van der Waals surface area contributed by atoms with Crippen LogP contribution in [-0.4, -0.2) is 38.9 Å². The molecule has 0 saturated heterocycles. The summed E-state index contributed by atoms with van der Waals surface area (Å²) < 4.78 is 72.7. The maximum absolute atomic E-state index is 13.7. The minimum absolute atomic E-state index is 0.0287. The molecular formula is C22H21ClF5N5O. The van der Waals surface area contributed by atoms with Crippen LogP contribution in [-0.2, 0) is 11.3 Å². The topological polar surface area (TPSA) is 56.1 Å². The molecule has 0 amide bonds. The van der Waals surface area contributed by atoms with Gasteiger partial charge in [0, 0.05) is 24.6 Å². The van der Waals surface area contributed by atoms with Gasteiger partial charge < -0.3 is 14.2 Å². The zero-order chi connectivity index (χ0) is 24.4. The minimum atomic E-state index is -5.06. The van der Waals surface area contributed by atoms with E-state index in [0.717, 1.165) is 41.8 Å². The van der Waals surface area contributed by atoms with E-state index in [4.69, 9.17) is 11.6 Å². The normalized spacial score (nSPS) is 17.5. The van der Waals surface area contributed by atoms with E-state index in [2.05, 4.69) is 19.7 Å². The molecule has 182 valence electrons. The van der Waals surface area contributed by atoms with Crippen molar-refractivity contribution in [3.05, 3.63) is 39.9 Å². The summed E-state index contributed by atoms with van der Waals surface area (Å²) in [4.78, 5) is 15.7. The first-order valence-corrected chi connectivity index (χ1v) is 11.3. The van der Waals surface area contributed by atoms with Gasteiger partial charge in [0.1, 0.15) is 11.3 Å². The Hall–Kier alpha value is -2.53. The van der Waals surface area contributed by atoms with Crippen molar-refractivity contribution >= 4 is 34.3 Å². The highest BCUT2D eigenvalue weighted by Crippen LogP contribution is 2.45. The van der Waals surface area contributed by atoms with E-state index in [9.17, 15) is 22.0 Å². The summed E-state index contributed by atoms with van der Waals surface area (Å²) in [5.41, 5.74) is 1.89. The number of ether oxygens (including phenoxy) is 1. The van der Waals surface area contributed by atoms with Gasteiger partial charge in [-0.1, -0.05) is 17.7 Å². The van der Waals surface area contributed by atoms with Crippen molar-refractivity contribution in [1.82, 2.24) is 19.5 Å². The number of aromatic nitrogens is 4. The standard InChI is InChI=1S/C22H21ClF5N5O/c1-10-16(11(2)30-19(29-10)12-4-5-12)32-8-3-9-33-17-13(18(22(26,27)28)34-20(24)25)6-7-14(23)15(17)31-21(32)33/h6-7,12,18,20H,3-5,8-9H2,1-2H3. The Morgan fingerprint density at radius 3 is 2.32 bits per heavy atom. The van der Waals surface area contributed by atoms with Crippen molar-refractivity contribution in [2.75, 3.05) is 11.4 Å². The van der Waals surface area contributed by atoms with Gasteiger partial charge >= 0.3 is 12.8 Å². The van der Waals surface area contributed by atoms with Gasteiger partial charge in [-0.05, 0) is 39.2 Å². The Balaban J connectivity index is 1.68. The molecule has 1 unspecified atom stereocenters. The highest BCUT2D eigenvalue weighted by Gasteiger charge is 2.45. The number of hydrogen-bond donors (Lipinski definition) is 0. The lowest BCUT2D eigenvalue weighted by Gasteiger charge is -2.31. The van der Waals surface area contributed by atoms with E-state index in [1.165, 1.54) is 6.07 Å². The number of rotatable bonds is 5. The number of anilines is 2. The van der Waals surface area contributed by atoms with Crippen LogP contribution in [0, 0.1) is 13.8 Å². The first-order valence-electron chi connectivity index (χ1n) is 10.9. The SMILES string of the molecule is Cc1nc(C2CC2)nc(C)c1N1CCCn2c1nc1c(Cl)ccc(C(OC(F)F)C(F)(F)F)c12. The van der Waals surface area contributed by atoms with Gasteiger partial charge in [0.05, 0.1) is 27.6 Å². The number of fused-ring (bicyclic) bond motifs is 3. The van der Waals surface area contributed by atoms with Crippen LogP contribution in [0.2, 0.25) is 5.02 Å². The second-order valence-corrected chi connectivity index (χ2v) is 9.00. The molecule has 3 heterocycles. The molecule has 1 aromatic carbocycles. The molecule has 5 rings (SSSR count). The van der Waals surface area contributed by atoms with Crippen molar-refractivity contribution in [3.8, 4) is 0 Å². The lowest BCUT2D eigenvalue weighted by atomic mass is 10.1. The fraction of sp³-hybridized carbons (Fsp3) is 0.500. The zero-order valence-corrected chi connectivity index (χ0v) is 19.1. The second-order valence-electron chi connectivity index (χ2n) is 8.60. The van der Waals surface area contributed by atoms with Crippen LogP contribution in [0.5, 0.6) is 0 Å². The summed E-state index contributed by atoms with van der Waals surface area (Å²) in [6, 6.07) is 2.29. The van der Waals surface area contributed by atoms with Crippen LogP contribution in [0.4, 0.5) is 33.6 Å². The molecule has 0 spiro atoms. The molecule has 6 nitrogen and oxygen atoms in total. The molecule has 1 saturated carbocycles. The van der Waals surface area contributed by atoms with Gasteiger partial charge in [0.25, 0.3) is 0 Å². The third-order valence-corrected chi connectivity index (χ3v) is 6.45.